The third-order valence-electron chi connectivity index (χ3n) is 5.66. The maximum atomic E-state index is 12.8. The van der Waals surface area contributed by atoms with E-state index in [2.05, 4.69) is 39.4 Å². The van der Waals surface area contributed by atoms with Crippen LogP contribution >= 0.6 is 0 Å². The van der Waals surface area contributed by atoms with Crippen molar-refractivity contribution in [3.8, 4) is 0 Å². The van der Waals surface area contributed by atoms with Gasteiger partial charge in [0.05, 0.1) is 22.0 Å². The van der Waals surface area contributed by atoms with Gasteiger partial charge in [-0.3, -0.25) is 9.40 Å². The van der Waals surface area contributed by atoms with Gasteiger partial charge in [-0.05, 0) is 55.5 Å². The molecule has 2 N–H and O–H groups in total. The topological polar surface area (TPSA) is 76.0 Å². The molecular weight excluding hydrogens is 384 g/mol. The Bertz CT molecular complexity index is 1130. The number of anilines is 1. The average molecular weight is 411 g/mol. The number of benzene rings is 2. The Morgan fingerprint density at radius 2 is 1.83 bits per heavy atom. The summed E-state index contributed by atoms with van der Waals surface area (Å²) in [7, 11) is -1.86. The largest absolute Gasteiger partial charge is 0.306 e. The minimum Gasteiger partial charge on any atom is -0.306 e. The van der Waals surface area contributed by atoms with Crippen molar-refractivity contribution in [3.63, 3.8) is 0 Å². The molecule has 0 fully saturated rings. The monoisotopic (exact) mass is 410 g/mol. The first-order valence-corrected chi connectivity index (χ1v) is 11.3. The molecule has 0 spiro atoms. The Labute approximate surface area is 172 Å². The summed E-state index contributed by atoms with van der Waals surface area (Å²) in [5.74, 6) is 0. The summed E-state index contributed by atoms with van der Waals surface area (Å²) in [6.45, 7) is 4.34. The lowest BCUT2D eigenvalue weighted by Crippen LogP contribution is -2.19. The summed E-state index contributed by atoms with van der Waals surface area (Å²) in [4.78, 5) is 0.245. The van der Waals surface area contributed by atoms with Crippen LogP contribution in [0.2, 0.25) is 0 Å². The molecule has 1 heterocycles. The van der Waals surface area contributed by atoms with Gasteiger partial charge in [0.2, 0.25) is 0 Å². The zero-order valence-electron chi connectivity index (χ0n) is 16.9. The van der Waals surface area contributed by atoms with Crippen molar-refractivity contribution in [2.45, 2.75) is 44.2 Å². The van der Waals surface area contributed by atoms with Crippen LogP contribution in [0.5, 0.6) is 0 Å². The predicted molar refractivity (Wildman–Crippen MR) is 114 cm³/mol. The van der Waals surface area contributed by atoms with E-state index in [9.17, 15) is 8.42 Å². The summed E-state index contributed by atoms with van der Waals surface area (Å²) in [5.41, 5.74) is 5.83. The molecule has 0 amide bonds. The molecule has 4 rings (SSSR count). The van der Waals surface area contributed by atoms with Gasteiger partial charge < -0.3 is 5.32 Å². The van der Waals surface area contributed by atoms with Crippen molar-refractivity contribution in [1.82, 2.24) is 15.1 Å². The van der Waals surface area contributed by atoms with Crippen molar-refractivity contribution in [3.05, 3.63) is 76.6 Å². The number of hydrogen-bond acceptors (Lipinski definition) is 4. The molecule has 29 heavy (non-hydrogen) atoms. The van der Waals surface area contributed by atoms with Gasteiger partial charge in [-0.25, -0.2) is 8.42 Å². The second kappa shape index (κ2) is 7.65. The van der Waals surface area contributed by atoms with Gasteiger partial charge in [-0.2, -0.15) is 5.10 Å². The van der Waals surface area contributed by atoms with E-state index in [-0.39, 0.29) is 4.90 Å². The molecule has 1 aliphatic rings. The van der Waals surface area contributed by atoms with Gasteiger partial charge in [-0.15, -0.1) is 0 Å². The number of fused-ring (bicyclic) bond motifs is 1. The van der Waals surface area contributed by atoms with Crippen LogP contribution in [0.15, 0.2) is 53.4 Å². The molecule has 0 saturated carbocycles. The minimum atomic E-state index is -3.66. The fourth-order valence-corrected chi connectivity index (χ4v) is 5.09. The van der Waals surface area contributed by atoms with Gasteiger partial charge in [-0.1, -0.05) is 36.4 Å². The minimum absolute atomic E-state index is 0.245. The first-order valence-electron chi connectivity index (χ1n) is 9.78. The molecular formula is C22H26N4O2S. The van der Waals surface area contributed by atoms with Gasteiger partial charge in [0.25, 0.3) is 10.0 Å². The maximum absolute atomic E-state index is 12.8. The van der Waals surface area contributed by atoms with E-state index in [0.717, 1.165) is 24.1 Å². The predicted octanol–water partition coefficient (Wildman–Crippen LogP) is 3.61. The molecule has 1 unspecified atom stereocenters. The van der Waals surface area contributed by atoms with Gasteiger partial charge in [0.1, 0.15) is 0 Å². The maximum Gasteiger partial charge on any atom is 0.262 e. The van der Waals surface area contributed by atoms with Crippen molar-refractivity contribution in [2.24, 2.45) is 7.05 Å². The Morgan fingerprint density at radius 3 is 2.52 bits per heavy atom. The number of hydrogen-bond donors (Lipinski definition) is 2. The number of nitrogens with one attached hydrogen (secondary N) is 2. The van der Waals surface area contributed by atoms with E-state index in [1.165, 1.54) is 11.1 Å². The van der Waals surface area contributed by atoms with Crippen LogP contribution in [0.3, 0.4) is 0 Å². The second-order valence-electron chi connectivity index (χ2n) is 7.59. The Morgan fingerprint density at radius 1 is 1.10 bits per heavy atom. The summed E-state index contributed by atoms with van der Waals surface area (Å²) in [6, 6.07) is 15.9. The van der Waals surface area contributed by atoms with E-state index >= 15 is 0 Å². The van der Waals surface area contributed by atoms with Crippen LogP contribution in [-0.4, -0.2) is 18.2 Å². The number of sulfonamides is 1. The summed E-state index contributed by atoms with van der Waals surface area (Å²) in [6.07, 6.45) is 2.20. The molecule has 1 atom stereocenters. The molecule has 3 aromatic rings. The Balaban J connectivity index is 1.44. The van der Waals surface area contributed by atoms with Crippen LogP contribution in [0.25, 0.3) is 0 Å². The van der Waals surface area contributed by atoms with E-state index in [1.54, 1.807) is 30.8 Å². The average Bonchev–Trinajstić information content (AvgIpc) is 3.22. The highest BCUT2D eigenvalue weighted by atomic mass is 32.2. The summed E-state index contributed by atoms with van der Waals surface area (Å²) in [5, 5.41) is 7.86. The molecule has 0 aliphatic heterocycles. The van der Waals surface area contributed by atoms with Crippen LogP contribution in [-0.2, 0) is 30.0 Å². The van der Waals surface area contributed by atoms with E-state index in [0.29, 0.717) is 24.0 Å². The van der Waals surface area contributed by atoms with Gasteiger partial charge in [0, 0.05) is 19.6 Å². The third-order valence-corrected chi connectivity index (χ3v) is 7.03. The van der Waals surface area contributed by atoms with Gasteiger partial charge >= 0.3 is 0 Å². The van der Waals surface area contributed by atoms with Crippen molar-refractivity contribution >= 4 is 15.7 Å². The number of nitrogens with zero attached hydrogens (tertiary/aromatic N) is 2. The highest BCUT2D eigenvalue weighted by Crippen LogP contribution is 2.31. The molecule has 1 aromatic heterocycles. The zero-order valence-corrected chi connectivity index (χ0v) is 17.8. The van der Waals surface area contributed by atoms with E-state index in [4.69, 9.17) is 0 Å². The van der Waals surface area contributed by atoms with E-state index in [1.807, 2.05) is 19.1 Å². The van der Waals surface area contributed by atoms with Gasteiger partial charge in [0.15, 0.2) is 0 Å². The lowest BCUT2D eigenvalue weighted by molar-refractivity contribution is 0.530. The van der Waals surface area contributed by atoms with Crippen LogP contribution in [0, 0.1) is 13.8 Å². The first-order chi connectivity index (χ1) is 13.8. The van der Waals surface area contributed by atoms with Crippen LogP contribution < -0.4 is 10.0 Å². The standard InChI is InChI=1S/C22H26N4O2S/c1-15-22(16(2)26(3)24-15)25-29(27,28)19-11-8-17(9-12-19)14-23-21-13-10-18-6-4-5-7-20(18)21/h4-9,11-12,21,23,25H,10,13-14H2,1-3H3. The summed E-state index contributed by atoms with van der Waals surface area (Å²) < 4.78 is 29.9. The molecule has 0 bridgehead atoms. The normalized spacial score (nSPS) is 16.0. The highest BCUT2D eigenvalue weighted by Gasteiger charge is 2.22. The zero-order chi connectivity index (χ0) is 20.6. The lowest BCUT2D eigenvalue weighted by Gasteiger charge is -2.14. The van der Waals surface area contributed by atoms with Crippen molar-refractivity contribution < 1.29 is 8.42 Å². The number of aryl methyl sites for hydroxylation is 3. The second-order valence-corrected chi connectivity index (χ2v) is 9.27. The smallest absolute Gasteiger partial charge is 0.262 e. The molecule has 0 radical (unpaired) electrons. The van der Waals surface area contributed by atoms with Crippen LogP contribution in [0.4, 0.5) is 5.69 Å². The molecule has 6 nitrogen and oxygen atoms in total. The molecule has 0 saturated heterocycles. The SMILES string of the molecule is Cc1nn(C)c(C)c1NS(=O)(=O)c1ccc(CNC2CCc3ccccc32)cc1. The first kappa shape index (κ1) is 19.7. The highest BCUT2D eigenvalue weighted by molar-refractivity contribution is 7.92. The third kappa shape index (κ3) is 3.93. The molecule has 7 heteroatoms. The Kier molecular flexibility index (Phi) is 5.19. The van der Waals surface area contributed by atoms with Crippen molar-refractivity contribution in [2.75, 3.05) is 4.72 Å². The lowest BCUT2D eigenvalue weighted by atomic mass is 10.1. The fraction of sp³-hybridized carbons (Fsp3) is 0.318. The molecule has 2 aromatic carbocycles. The number of rotatable bonds is 6. The fourth-order valence-electron chi connectivity index (χ4n) is 3.91. The van der Waals surface area contributed by atoms with Crippen molar-refractivity contribution in [1.29, 1.82) is 0 Å². The number of aromatic nitrogens is 2. The van der Waals surface area contributed by atoms with E-state index < -0.39 is 10.0 Å². The molecule has 1 aliphatic carbocycles. The quantitative estimate of drug-likeness (QED) is 0.651. The summed E-state index contributed by atoms with van der Waals surface area (Å²) >= 11 is 0. The van der Waals surface area contributed by atoms with Crippen LogP contribution in [0.1, 0.15) is 40.5 Å². The molecule has 152 valence electrons. The Hall–Kier alpha value is -2.64.